The van der Waals surface area contributed by atoms with Crippen molar-refractivity contribution in [2.24, 2.45) is 0 Å². The van der Waals surface area contributed by atoms with Gasteiger partial charge >= 0.3 is 0 Å². The van der Waals surface area contributed by atoms with Crippen molar-refractivity contribution in [3.05, 3.63) is 52.3 Å². The van der Waals surface area contributed by atoms with Gasteiger partial charge in [0.15, 0.2) is 0 Å². The number of rotatable bonds is 3. The number of pyridine rings is 1. The van der Waals surface area contributed by atoms with E-state index in [9.17, 15) is 9.59 Å². The molecule has 2 aromatic rings. The number of amides is 2. The van der Waals surface area contributed by atoms with Gasteiger partial charge in [-0.25, -0.2) is 4.98 Å². The zero-order valence-corrected chi connectivity index (χ0v) is 14.3. The Morgan fingerprint density at radius 2 is 2.00 bits per heavy atom. The van der Waals surface area contributed by atoms with E-state index in [0.29, 0.717) is 18.7 Å². The highest BCUT2D eigenvalue weighted by Gasteiger charge is 2.20. The third-order valence-corrected chi connectivity index (χ3v) is 4.28. The van der Waals surface area contributed by atoms with Crippen LogP contribution in [0.15, 0.2) is 36.4 Å². The molecule has 124 valence electrons. The van der Waals surface area contributed by atoms with Gasteiger partial charge in [0.2, 0.25) is 5.91 Å². The highest BCUT2D eigenvalue weighted by molar-refractivity contribution is 6.35. The molecule has 0 atom stereocenters. The Hall–Kier alpha value is -2.11. The maximum Gasteiger partial charge on any atom is 0.275 e. The van der Waals surface area contributed by atoms with Gasteiger partial charge in [-0.2, -0.15) is 0 Å². The van der Waals surface area contributed by atoms with E-state index in [1.807, 2.05) is 6.07 Å². The number of halogens is 2. The van der Waals surface area contributed by atoms with Crippen LogP contribution in [0, 0.1) is 0 Å². The number of carbonyl (C=O) groups is 2. The number of carbonyl (C=O) groups excluding carboxylic acids is 2. The summed E-state index contributed by atoms with van der Waals surface area (Å²) in [5.74, 6) is -0.353. The summed E-state index contributed by atoms with van der Waals surface area (Å²) < 4.78 is 0. The number of anilines is 2. The average Bonchev–Trinajstić information content (AvgIpc) is 2.57. The summed E-state index contributed by atoms with van der Waals surface area (Å²) in [5.41, 5.74) is 1.39. The second kappa shape index (κ2) is 7.20. The van der Waals surface area contributed by atoms with Gasteiger partial charge in [-0.05, 0) is 43.2 Å². The number of nitrogens with one attached hydrogen (secondary N) is 1. The Morgan fingerprint density at radius 3 is 2.79 bits per heavy atom. The van der Waals surface area contributed by atoms with Crippen LogP contribution in [0.1, 0.15) is 29.8 Å². The molecule has 0 radical (unpaired) electrons. The van der Waals surface area contributed by atoms with Gasteiger partial charge < -0.3 is 10.2 Å². The molecule has 1 N–H and O–H groups in total. The van der Waals surface area contributed by atoms with E-state index >= 15 is 0 Å². The molecule has 0 saturated carbocycles. The third kappa shape index (κ3) is 3.68. The van der Waals surface area contributed by atoms with Crippen molar-refractivity contribution in [2.45, 2.75) is 19.3 Å². The first-order valence-corrected chi connectivity index (χ1v) is 8.34. The fourth-order valence-corrected chi connectivity index (χ4v) is 2.94. The molecule has 24 heavy (non-hydrogen) atoms. The maximum absolute atomic E-state index is 12.3. The van der Waals surface area contributed by atoms with Gasteiger partial charge in [0.05, 0.1) is 5.02 Å². The largest absolute Gasteiger partial charge is 0.321 e. The zero-order valence-electron chi connectivity index (χ0n) is 12.8. The van der Waals surface area contributed by atoms with Crippen LogP contribution >= 0.6 is 23.2 Å². The zero-order chi connectivity index (χ0) is 17.1. The molecule has 1 aliphatic rings. The first-order valence-electron chi connectivity index (χ1n) is 7.58. The van der Waals surface area contributed by atoms with Crippen molar-refractivity contribution >= 4 is 46.4 Å². The number of nitrogens with zero attached hydrogens (tertiary/aromatic N) is 2. The minimum absolute atomic E-state index is 0.0589. The van der Waals surface area contributed by atoms with Crippen molar-refractivity contribution < 1.29 is 9.59 Å². The SMILES string of the molecule is O=C(Nc1cccc(N2CCCCC2=O)c1)c1nc(Cl)ccc1Cl. The number of benzene rings is 1. The Kier molecular flexibility index (Phi) is 5.02. The van der Waals surface area contributed by atoms with Gasteiger partial charge in [0.25, 0.3) is 5.91 Å². The molecule has 1 aromatic heterocycles. The second-order valence-electron chi connectivity index (χ2n) is 5.47. The monoisotopic (exact) mass is 363 g/mol. The molecule has 1 aliphatic heterocycles. The topological polar surface area (TPSA) is 62.3 Å². The van der Waals surface area contributed by atoms with E-state index in [4.69, 9.17) is 23.2 Å². The Morgan fingerprint density at radius 1 is 1.17 bits per heavy atom. The van der Waals surface area contributed by atoms with Gasteiger partial charge in [0.1, 0.15) is 10.8 Å². The molecule has 1 aromatic carbocycles. The first kappa shape index (κ1) is 16.7. The van der Waals surface area contributed by atoms with Crippen LogP contribution in [0.5, 0.6) is 0 Å². The van der Waals surface area contributed by atoms with Crippen LogP contribution < -0.4 is 10.2 Å². The molecular formula is C17H15Cl2N3O2. The normalized spacial score (nSPS) is 14.6. The van der Waals surface area contributed by atoms with Gasteiger partial charge in [-0.3, -0.25) is 9.59 Å². The minimum Gasteiger partial charge on any atom is -0.321 e. The van der Waals surface area contributed by atoms with Gasteiger partial charge in [-0.1, -0.05) is 29.3 Å². The summed E-state index contributed by atoms with van der Waals surface area (Å²) >= 11 is 11.8. The molecule has 7 heteroatoms. The summed E-state index contributed by atoms with van der Waals surface area (Å²) in [5, 5.41) is 3.15. The molecule has 0 spiro atoms. The molecule has 1 fully saturated rings. The fraction of sp³-hybridized carbons (Fsp3) is 0.235. The van der Waals surface area contributed by atoms with Crippen LogP contribution in [0.4, 0.5) is 11.4 Å². The summed E-state index contributed by atoms with van der Waals surface area (Å²) in [6.45, 7) is 0.692. The van der Waals surface area contributed by atoms with E-state index in [-0.39, 0.29) is 21.8 Å². The quantitative estimate of drug-likeness (QED) is 0.832. The molecule has 0 bridgehead atoms. The summed E-state index contributed by atoms with van der Waals surface area (Å²) in [7, 11) is 0. The Balaban J connectivity index is 1.80. The van der Waals surface area contributed by atoms with Crippen LogP contribution in [-0.4, -0.2) is 23.3 Å². The Bertz CT molecular complexity index is 795. The predicted octanol–water partition coefficient (Wildman–Crippen LogP) is 4.16. The lowest BCUT2D eigenvalue weighted by Gasteiger charge is -2.27. The van der Waals surface area contributed by atoms with Gasteiger partial charge in [-0.15, -0.1) is 0 Å². The van der Waals surface area contributed by atoms with E-state index < -0.39 is 5.91 Å². The van der Waals surface area contributed by atoms with E-state index in [1.165, 1.54) is 12.1 Å². The fourth-order valence-electron chi connectivity index (χ4n) is 2.60. The molecule has 1 saturated heterocycles. The van der Waals surface area contributed by atoms with Crippen molar-refractivity contribution in [2.75, 3.05) is 16.8 Å². The van der Waals surface area contributed by atoms with Crippen LogP contribution in [0.3, 0.4) is 0 Å². The lowest BCUT2D eigenvalue weighted by Crippen LogP contribution is -2.35. The number of hydrogen-bond donors (Lipinski definition) is 1. The standard InChI is InChI=1S/C17H15Cl2N3O2/c18-13-7-8-14(19)21-16(13)17(24)20-11-4-3-5-12(10-11)22-9-2-1-6-15(22)23/h3-5,7-8,10H,1-2,6,9H2,(H,20,24). The lowest BCUT2D eigenvalue weighted by molar-refractivity contribution is -0.119. The van der Waals surface area contributed by atoms with Crippen LogP contribution in [0.25, 0.3) is 0 Å². The van der Waals surface area contributed by atoms with Crippen LogP contribution in [0.2, 0.25) is 10.2 Å². The van der Waals surface area contributed by atoms with E-state index in [2.05, 4.69) is 10.3 Å². The predicted molar refractivity (Wildman–Crippen MR) is 94.9 cm³/mol. The van der Waals surface area contributed by atoms with Gasteiger partial charge in [0, 0.05) is 24.3 Å². The minimum atomic E-state index is -0.454. The van der Waals surface area contributed by atoms with E-state index in [0.717, 1.165) is 18.5 Å². The molecule has 0 unspecified atom stereocenters. The molecule has 3 rings (SSSR count). The second-order valence-corrected chi connectivity index (χ2v) is 6.27. The Labute approximate surface area is 149 Å². The molecule has 2 heterocycles. The summed E-state index contributed by atoms with van der Waals surface area (Å²) in [6.07, 6.45) is 2.45. The molecule has 5 nitrogen and oxygen atoms in total. The van der Waals surface area contributed by atoms with E-state index in [1.54, 1.807) is 23.1 Å². The van der Waals surface area contributed by atoms with Crippen molar-refractivity contribution in [1.29, 1.82) is 0 Å². The molecule has 2 amide bonds. The highest BCUT2D eigenvalue weighted by Crippen LogP contribution is 2.25. The van der Waals surface area contributed by atoms with Crippen LogP contribution in [-0.2, 0) is 4.79 Å². The lowest BCUT2D eigenvalue weighted by atomic mass is 10.1. The third-order valence-electron chi connectivity index (χ3n) is 3.77. The highest BCUT2D eigenvalue weighted by atomic mass is 35.5. The smallest absolute Gasteiger partial charge is 0.275 e. The van der Waals surface area contributed by atoms with Crippen molar-refractivity contribution in [3.63, 3.8) is 0 Å². The summed E-state index contributed by atoms with van der Waals surface area (Å²) in [4.78, 5) is 30.1. The van der Waals surface area contributed by atoms with Crippen molar-refractivity contribution in [1.82, 2.24) is 4.98 Å². The molecular weight excluding hydrogens is 349 g/mol. The first-order chi connectivity index (χ1) is 11.5. The van der Waals surface area contributed by atoms with Crippen molar-refractivity contribution in [3.8, 4) is 0 Å². The molecule has 0 aliphatic carbocycles. The average molecular weight is 364 g/mol. The summed E-state index contributed by atoms with van der Waals surface area (Å²) in [6, 6.07) is 10.2. The number of piperidine rings is 1. The maximum atomic E-state index is 12.3. The number of hydrogen-bond acceptors (Lipinski definition) is 3. The number of aromatic nitrogens is 1.